The minimum absolute atomic E-state index is 0.107. The van der Waals surface area contributed by atoms with Crippen molar-refractivity contribution in [2.45, 2.75) is 32.7 Å². The molecular formula is C26H30N4O6. The van der Waals surface area contributed by atoms with Crippen LogP contribution in [0.1, 0.15) is 31.4 Å². The highest BCUT2D eigenvalue weighted by atomic mass is 16.3. The van der Waals surface area contributed by atoms with Gasteiger partial charge < -0.3 is 21.1 Å². The predicted octanol–water partition coefficient (Wildman–Crippen LogP) is 1.49. The summed E-state index contributed by atoms with van der Waals surface area (Å²) in [6.07, 6.45) is 3.45. The number of carbonyl (C=O) groups is 5. The van der Waals surface area contributed by atoms with Gasteiger partial charge in [0, 0.05) is 13.0 Å². The Labute approximate surface area is 209 Å². The molecule has 36 heavy (non-hydrogen) atoms. The van der Waals surface area contributed by atoms with Gasteiger partial charge in [-0.2, -0.15) is 0 Å². The van der Waals surface area contributed by atoms with Crippen LogP contribution in [0.25, 0.3) is 0 Å². The number of carbonyl (C=O) groups excluding carboxylic acids is 5. The maximum atomic E-state index is 12.3. The van der Waals surface area contributed by atoms with Crippen molar-refractivity contribution >= 4 is 35.7 Å². The Bertz CT molecular complexity index is 1120. The van der Waals surface area contributed by atoms with E-state index in [0.717, 1.165) is 16.0 Å². The van der Waals surface area contributed by atoms with E-state index in [1.165, 1.54) is 25.1 Å². The van der Waals surface area contributed by atoms with E-state index >= 15 is 0 Å². The van der Waals surface area contributed by atoms with Gasteiger partial charge in [0.2, 0.25) is 24.1 Å². The van der Waals surface area contributed by atoms with E-state index in [9.17, 15) is 29.1 Å². The number of anilines is 1. The summed E-state index contributed by atoms with van der Waals surface area (Å²) in [6, 6.07) is 13.7. The highest BCUT2D eigenvalue weighted by molar-refractivity contribution is 5.97. The van der Waals surface area contributed by atoms with Gasteiger partial charge >= 0.3 is 0 Å². The van der Waals surface area contributed by atoms with Crippen molar-refractivity contribution in [3.05, 3.63) is 71.8 Å². The standard InChI is InChI=1S/C26H30N4O6/c1-3-7-25(35)30(17-31)13-12-23(33)28-18(2)26(36)27-16-24(34)29-21-15-20(10-11-22(21)32)14-19-8-5-4-6-9-19/h3-11,15,17-18,32H,12-14,16H2,1-2H3,(H,27,36)(H,28,33)(H,29,34)/b7-3-. The van der Waals surface area contributed by atoms with Crippen LogP contribution in [0.15, 0.2) is 60.7 Å². The maximum Gasteiger partial charge on any atom is 0.252 e. The van der Waals surface area contributed by atoms with Crippen LogP contribution in [0.2, 0.25) is 0 Å². The quantitative estimate of drug-likeness (QED) is 0.200. The number of allylic oxidation sites excluding steroid dienone is 1. The summed E-state index contributed by atoms with van der Waals surface area (Å²) in [5.74, 6) is -2.35. The fourth-order valence-electron chi connectivity index (χ4n) is 3.19. The molecule has 10 nitrogen and oxygen atoms in total. The SMILES string of the molecule is C/C=C\C(=O)N(C=O)CCC(=O)NC(C)C(=O)NCC(=O)Nc1cc(Cc2ccccc2)ccc1O. The Balaban J connectivity index is 1.81. The molecule has 0 fully saturated rings. The number of nitrogens with one attached hydrogen (secondary N) is 3. The van der Waals surface area contributed by atoms with E-state index in [4.69, 9.17) is 0 Å². The van der Waals surface area contributed by atoms with Gasteiger partial charge in [-0.3, -0.25) is 28.9 Å². The Morgan fingerprint density at radius 3 is 2.42 bits per heavy atom. The highest BCUT2D eigenvalue weighted by Crippen LogP contribution is 2.25. The van der Waals surface area contributed by atoms with Crippen LogP contribution < -0.4 is 16.0 Å². The van der Waals surface area contributed by atoms with E-state index in [2.05, 4.69) is 16.0 Å². The maximum absolute atomic E-state index is 12.3. The largest absolute Gasteiger partial charge is 0.506 e. The fourth-order valence-corrected chi connectivity index (χ4v) is 3.19. The second-order valence-electron chi connectivity index (χ2n) is 7.96. The van der Waals surface area contributed by atoms with Gasteiger partial charge in [-0.1, -0.05) is 42.5 Å². The van der Waals surface area contributed by atoms with Crippen LogP contribution in [0.5, 0.6) is 5.75 Å². The molecule has 0 aliphatic rings. The molecule has 0 saturated carbocycles. The number of nitrogens with zero attached hydrogens (tertiary/aromatic N) is 1. The first-order chi connectivity index (χ1) is 17.2. The zero-order chi connectivity index (χ0) is 26.5. The number of hydrogen-bond donors (Lipinski definition) is 4. The molecule has 0 bridgehead atoms. The highest BCUT2D eigenvalue weighted by Gasteiger charge is 2.18. The third-order valence-electron chi connectivity index (χ3n) is 5.08. The lowest BCUT2D eigenvalue weighted by atomic mass is 10.0. The predicted molar refractivity (Wildman–Crippen MR) is 134 cm³/mol. The lowest BCUT2D eigenvalue weighted by Gasteiger charge is -2.16. The third-order valence-corrected chi connectivity index (χ3v) is 5.08. The second kappa shape index (κ2) is 14.1. The molecule has 0 radical (unpaired) electrons. The van der Waals surface area contributed by atoms with Gasteiger partial charge in [0.1, 0.15) is 11.8 Å². The summed E-state index contributed by atoms with van der Waals surface area (Å²) in [5.41, 5.74) is 2.18. The lowest BCUT2D eigenvalue weighted by molar-refractivity contribution is -0.135. The molecule has 4 N–H and O–H groups in total. The van der Waals surface area contributed by atoms with Crippen LogP contribution in [0, 0.1) is 0 Å². The zero-order valence-electron chi connectivity index (χ0n) is 20.2. The van der Waals surface area contributed by atoms with Crippen molar-refractivity contribution in [3.63, 3.8) is 0 Å². The van der Waals surface area contributed by atoms with E-state index < -0.39 is 29.7 Å². The first kappa shape index (κ1) is 27.8. The number of imide groups is 1. The van der Waals surface area contributed by atoms with E-state index in [1.54, 1.807) is 19.1 Å². The van der Waals surface area contributed by atoms with E-state index in [1.807, 2.05) is 30.3 Å². The molecule has 1 unspecified atom stereocenters. The molecule has 2 rings (SSSR count). The van der Waals surface area contributed by atoms with Crippen LogP contribution in [0.3, 0.4) is 0 Å². The number of benzene rings is 2. The normalized spacial score (nSPS) is 11.4. The lowest BCUT2D eigenvalue weighted by Crippen LogP contribution is -2.47. The van der Waals surface area contributed by atoms with Gasteiger partial charge in [-0.25, -0.2) is 0 Å². The molecule has 10 heteroatoms. The fraction of sp³-hybridized carbons (Fsp3) is 0.269. The minimum atomic E-state index is -0.955. The van der Waals surface area contributed by atoms with Crippen molar-refractivity contribution < 1.29 is 29.1 Å². The topological polar surface area (TPSA) is 145 Å². The van der Waals surface area contributed by atoms with E-state index in [0.29, 0.717) is 12.8 Å². The molecule has 0 aliphatic carbocycles. The summed E-state index contributed by atoms with van der Waals surface area (Å²) in [6.45, 7) is 2.55. The van der Waals surface area contributed by atoms with Gasteiger partial charge in [0.15, 0.2) is 0 Å². The number of phenolic OH excluding ortho intramolecular Hbond substituents is 1. The molecule has 0 aliphatic heterocycles. The van der Waals surface area contributed by atoms with Gasteiger partial charge in [-0.05, 0) is 49.6 Å². The molecular weight excluding hydrogens is 464 g/mol. The number of aromatic hydroxyl groups is 1. The minimum Gasteiger partial charge on any atom is -0.506 e. The first-order valence-electron chi connectivity index (χ1n) is 11.3. The number of rotatable bonds is 12. The molecule has 2 aromatic carbocycles. The molecule has 1 atom stereocenters. The Hall–Kier alpha value is -4.47. The van der Waals surface area contributed by atoms with Crippen LogP contribution in [0.4, 0.5) is 5.69 Å². The molecule has 0 aromatic heterocycles. The van der Waals surface area contributed by atoms with Crippen molar-refractivity contribution in [2.24, 2.45) is 0 Å². The summed E-state index contributed by atoms with van der Waals surface area (Å²) in [7, 11) is 0. The molecule has 0 saturated heterocycles. The van der Waals surface area contributed by atoms with E-state index in [-0.39, 0.29) is 30.9 Å². The Morgan fingerprint density at radius 1 is 1.03 bits per heavy atom. The second-order valence-corrected chi connectivity index (χ2v) is 7.96. The van der Waals surface area contributed by atoms with Crippen molar-refractivity contribution in [3.8, 4) is 5.75 Å². The molecule has 190 valence electrons. The number of phenols is 1. The summed E-state index contributed by atoms with van der Waals surface area (Å²) >= 11 is 0. The monoisotopic (exact) mass is 494 g/mol. The van der Waals surface area contributed by atoms with Crippen LogP contribution in [-0.4, -0.2) is 59.2 Å². The summed E-state index contributed by atoms with van der Waals surface area (Å²) < 4.78 is 0. The molecule has 0 spiro atoms. The van der Waals surface area contributed by atoms with Crippen LogP contribution in [-0.2, 0) is 30.4 Å². The van der Waals surface area contributed by atoms with Crippen molar-refractivity contribution in [1.29, 1.82) is 0 Å². The van der Waals surface area contributed by atoms with Gasteiger partial charge in [0.05, 0.1) is 12.2 Å². The molecule has 0 heterocycles. The average Bonchev–Trinajstić information content (AvgIpc) is 2.85. The van der Waals surface area contributed by atoms with Gasteiger partial charge in [0.25, 0.3) is 5.91 Å². The first-order valence-corrected chi connectivity index (χ1v) is 11.3. The summed E-state index contributed by atoms with van der Waals surface area (Å²) in [5, 5.41) is 17.5. The molecule has 5 amide bonds. The third kappa shape index (κ3) is 9.05. The number of hydrogen-bond acceptors (Lipinski definition) is 6. The summed E-state index contributed by atoms with van der Waals surface area (Å²) in [4.78, 5) is 60.2. The van der Waals surface area contributed by atoms with Crippen LogP contribution >= 0.6 is 0 Å². The van der Waals surface area contributed by atoms with Crippen molar-refractivity contribution in [2.75, 3.05) is 18.4 Å². The smallest absolute Gasteiger partial charge is 0.252 e. The zero-order valence-corrected chi connectivity index (χ0v) is 20.2. The Kier molecular flexibility index (Phi) is 10.8. The Morgan fingerprint density at radius 2 is 1.75 bits per heavy atom. The van der Waals surface area contributed by atoms with Crippen molar-refractivity contribution in [1.82, 2.24) is 15.5 Å². The number of amides is 5. The average molecular weight is 495 g/mol. The van der Waals surface area contributed by atoms with Gasteiger partial charge in [-0.15, -0.1) is 0 Å². The molecule has 2 aromatic rings.